The van der Waals surface area contributed by atoms with E-state index in [1.54, 1.807) is 6.92 Å². The number of carbonyl (C=O) groups is 2. The van der Waals surface area contributed by atoms with Crippen LogP contribution in [-0.2, 0) is 11.3 Å². The summed E-state index contributed by atoms with van der Waals surface area (Å²) < 4.78 is 0. The van der Waals surface area contributed by atoms with E-state index >= 15 is 0 Å². The molecule has 1 atom stereocenters. The molecule has 1 aromatic carbocycles. The van der Waals surface area contributed by atoms with Gasteiger partial charge in [0.25, 0.3) is 5.91 Å². The van der Waals surface area contributed by atoms with Gasteiger partial charge in [-0.05, 0) is 33.3 Å². The lowest BCUT2D eigenvalue weighted by molar-refractivity contribution is -0.129. The summed E-state index contributed by atoms with van der Waals surface area (Å²) >= 11 is 0. The maximum Gasteiger partial charge on any atom is 0.273 e. The van der Waals surface area contributed by atoms with E-state index in [-0.39, 0.29) is 23.9 Å². The van der Waals surface area contributed by atoms with Gasteiger partial charge >= 0.3 is 0 Å². The third kappa shape index (κ3) is 4.26. The van der Waals surface area contributed by atoms with Crippen LogP contribution in [0.5, 0.6) is 0 Å². The number of fused-ring (bicyclic) bond motifs is 1. The van der Waals surface area contributed by atoms with Crippen molar-refractivity contribution in [2.24, 2.45) is 0 Å². The molecule has 0 saturated carbocycles. The van der Waals surface area contributed by atoms with Crippen LogP contribution in [0.1, 0.15) is 60.9 Å². The fraction of sp³-hybridized carbons (Fsp3) is 0.500. The molecule has 1 aromatic heterocycles. The first kappa shape index (κ1) is 22.0. The van der Waals surface area contributed by atoms with Crippen LogP contribution in [-0.4, -0.2) is 63.8 Å². The quantitative estimate of drug-likeness (QED) is 0.776. The first-order valence-corrected chi connectivity index (χ1v) is 11.3. The fourth-order valence-electron chi connectivity index (χ4n) is 4.22. The second kappa shape index (κ2) is 8.76. The van der Waals surface area contributed by atoms with Crippen LogP contribution in [0.25, 0.3) is 0 Å². The number of hydrogen-bond donors (Lipinski definition) is 1. The third-order valence-electron chi connectivity index (χ3n) is 6.35. The van der Waals surface area contributed by atoms with E-state index in [1.807, 2.05) is 23.6 Å². The summed E-state index contributed by atoms with van der Waals surface area (Å²) in [6, 6.07) is 8.54. The van der Waals surface area contributed by atoms with Crippen LogP contribution in [0, 0.1) is 6.92 Å². The van der Waals surface area contributed by atoms with E-state index in [0.717, 1.165) is 11.1 Å². The van der Waals surface area contributed by atoms with E-state index in [2.05, 4.69) is 48.3 Å². The predicted octanol–water partition coefficient (Wildman–Crippen LogP) is 2.99. The van der Waals surface area contributed by atoms with Crippen LogP contribution in [0.15, 0.2) is 24.3 Å². The summed E-state index contributed by atoms with van der Waals surface area (Å²) in [5.41, 5.74) is 3.71. The molecule has 3 heterocycles. The molecule has 0 aliphatic carbocycles. The minimum atomic E-state index is -0.0490. The number of aryl methyl sites for hydroxylation is 1. The van der Waals surface area contributed by atoms with E-state index in [0.29, 0.717) is 50.2 Å². The second-order valence-corrected chi connectivity index (χ2v) is 9.00. The van der Waals surface area contributed by atoms with Gasteiger partial charge in [0, 0.05) is 50.7 Å². The number of rotatable bonds is 5. The van der Waals surface area contributed by atoms with Gasteiger partial charge in [0.05, 0.1) is 6.54 Å². The highest BCUT2D eigenvalue weighted by Gasteiger charge is 2.35. The summed E-state index contributed by atoms with van der Waals surface area (Å²) in [7, 11) is 0. The number of nitrogens with one attached hydrogen (secondary N) is 1. The Morgan fingerprint density at radius 3 is 2.28 bits per heavy atom. The molecule has 1 saturated heterocycles. The Hall–Kier alpha value is -3.16. The molecule has 0 radical (unpaired) electrons. The monoisotopic (exact) mass is 436 g/mol. The number of hydrogen-bond acceptors (Lipinski definition) is 6. The number of anilines is 2. The van der Waals surface area contributed by atoms with Gasteiger partial charge in [-0.1, -0.05) is 29.8 Å². The third-order valence-corrected chi connectivity index (χ3v) is 6.35. The lowest BCUT2D eigenvalue weighted by Gasteiger charge is -2.34. The van der Waals surface area contributed by atoms with Gasteiger partial charge in [0.15, 0.2) is 0 Å². The molecule has 8 heteroatoms. The van der Waals surface area contributed by atoms with Gasteiger partial charge in [-0.25, -0.2) is 4.98 Å². The maximum absolute atomic E-state index is 13.1. The van der Waals surface area contributed by atoms with Gasteiger partial charge in [-0.3, -0.25) is 9.59 Å². The molecule has 32 heavy (non-hydrogen) atoms. The van der Waals surface area contributed by atoms with E-state index in [4.69, 9.17) is 9.97 Å². The first-order valence-electron chi connectivity index (χ1n) is 11.3. The van der Waals surface area contributed by atoms with Crippen molar-refractivity contribution in [2.75, 3.05) is 36.4 Å². The Balaban J connectivity index is 1.66. The number of amides is 2. The normalized spacial score (nSPS) is 17.1. The van der Waals surface area contributed by atoms with E-state index in [9.17, 15) is 9.59 Å². The maximum atomic E-state index is 13.1. The second-order valence-electron chi connectivity index (χ2n) is 9.00. The SMILES string of the molecule is CC(=O)N1CCN(c2nc(N[C@H](C)c3ccc(C)cc3)c3c(n2)C(=O)N(C(C)C)C3)CC1. The molecule has 0 spiro atoms. The molecule has 0 unspecified atom stereocenters. The molecule has 1 N–H and O–H groups in total. The highest BCUT2D eigenvalue weighted by molar-refractivity contribution is 5.98. The van der Waals surface area contributed by atoms with Crippen molar-refractivity contribution in [3.8, 4) is 0 Å². The number of nitrogens with zero attached hydrogens (tertiary/aromatic N) is 5. The minimum absolute atomic E-state index is 0.0280. The lowest BCUT2D eigenvalue weighted by atomic mass is 10.1. The van der Waals surface area contributed by atoms with Crippen LogP contribution in [0.4, 0.5) is 11.8 Å². The standard InChI is InChI=1S/C24H32N6O2/c1-15(2)30-14-20-21(23(30)32)26-24(29-12-10-28(11-13-29)18(5)31)27-22(20)25-17(4)19-8-6-16(3)7-9-19/h6-9,15,17H,10-14H2,1-5H3,(H,25,26,27)/t17-/m1/s1. The van der Waals surface area contributed by atoms with E-state index < -0.39 is 0 Å². The zero-order valence-electron chi connectivity index (χ0n) is 19.6. The van der Waals surface area contributed by atoms with Crippen molar-refractivity contribution >= 4 is 23.6 Å². The molecule has 0 bridgehead atoms. The number of benzene rings is 1. The Morgan fingerprint density at radius 2 is 1.69 bits per heavy atom. The predicted molar refractivity (Wildman–Crippen MR) is 125 cm³/mol. The molecule has 1 fully saturated rings. The Morgan fingerprint density at radius 1 is 1.03 bits per heavy atom. The molecule has 4 rings (SSSR count). The van der Waals surface area contributed by atoms with Gasteiger partial charge in [-0.15, -0.1) is 0 Å². The average Bonchev–Trinajstić information content (AvgIpc) is 3.11. The Bertz CT molecular complexity index is 1010. The van der Waals surface area contributed by atoms with Crippen molar-refractivity contribution in [1.82, 2.24) is 19.8 Å². The van der Waals surface area contributed by atoms with Crippen LogP contribution in [0.2, 0.25) is 0 Å². The molecule has 2 aliphatic rings. The molecule has 2 amide bonds. The molecular weight excluding hydrogens is 404 g/mol. The number of aromatic nitrogens is 2. The van der Waals surface area contributed by atoms with Crippen molar-refractivity contribution < 1.29 is 9.59 Å². The largest absolute Gasteiger partial charge is 0.363 e. The van der Waals surface area contributed by atoms with Crippen molar-refractivity contribution in [3.05, 3.63) is 46.6 Å². The average molecular weight is 437 g/mol. The number of piperazine rings is 1. The highest BCUT2D eigenvalue weighted by atomic mass is 16.2. The molecule has 8 nitrogen and oxygen atoms in total. The topological polar surface area (TPSA) is 81.7 Å². The lowest BCUT2D eigenvalue weighted by Crippen LogP contribution is -2.48. The molecule has 2 aliphatic heterocycles. The van der Waals surface area contributed by atoms with E-state index in [1.165, 1.54) is 5.56 Å². The summed E-state index contributed by atoms with van der Waals surface area (Å²) in [5.74, 6) is 1.29. The summed E-state index contributed by atoms with van der Waals surface area (Å²) in [6.45, 7) is 12.9. The summed E-state index contributed by atoms with van der Waals surface area (Å²) in [5, 5.41) is 3.54. The Labute approximate surface area is 189 Å². The smallest absolute Gasteiger partial charge is 0.273 e. The number of carbonyl (C=O) groups excluding carboxylic acids is 2. The van der Waals surface area contributed by atoms with Crippen LogP contribution >= 0.6 is 0 Å². The highest BCUT2D eigenvalue weighted by Crippen LogP contribution is 2.32. The zero-order valence-corrected chi connectivity index (χ0v) is 19.6. The van der Waals surface area contributed by atoms with Crippen molar-refractivity contribution in [2.45, 2.75) is 53.2 Å². The van der Waals surface area contributed by atoms with Gasteiger partial charge in [-0.2, -0.15) is 4.98 Å². The van der Waals surface area contributed by atoms with Crippen LogP contribution in [0.3, 0.4) is 0 Å². The summed E-state index contributed by atoms with van der Waals surface area (Å²) in [6.07, 6.45) is 0. The van der Waals surface area contributed by atoms with Crippen molar-refractivity contribution in [3.63, 3.8) is 0 Å². The molecule has 2 aromatic rings. The first-order chi connectivity index (χ1) is 15.2. The molecule has 170 valence electrons. The van der Waals surface area contributed by atoms with Gasteiger partial charge in [0.2, 0.25) is 11.9 Å². The minimum Gasteiger partial charge on any atom is -0.363 e. The fourth-order valence-corrected chi connectivity index (χ4v) is 4.22. The van der Waals surface area contributed by atoms with Gasteiger partial charge in [0.1, 0.15) is 11.5 Å². The Kier molecular flexibility index (Phi) is 6.04. The van der Waals surface area contributed by atoms with Crippen molar-refractivity contribution in [1.29, 1.82) is 0 Å². The zero-order chi connectivity index (χ0) is 23.0. The van der Waals surface area contributed by atoms with Gasteiger partial charge < -0.3 is 20.0 Å². The molecular formula is C24H32N6O2. The summed E-state index contributed by atoms with van der Waals surface area (Å²) in [4.78, 5) is 40.1. The van der Waals surface area contributed by atoms with Crippen LogP contribution < -0.4 is 10.2 Å².